The van der Waals surface area contributed by atoms with E-state index in [1.807, 2.05) is 0 Å². The Morgan fingerprint density at radius 2 is 1.40 bits per heavy atom. The van der Waals surface area contributed by atoms with Crippen LogP contribution in [0.15, 0.2) is 0 Å². The second kappa shape index (κ2) is 7.10. The van der Waals surface area contributed by atoms with Gasteiger partial charge in [0, 0.05) is 0 Å². The van der Waals surface area contributed by atoms with E-state index in [1.54, 1.807) is 0 Å². The molecule has 0 radical (unpaired) electrons. The van der Waals surface area contributed by atoms with Crippen LogP contribution in [-0.4, -0.2) is 26.5 Å². The molecule has 0 aliphatic carbocycles. The molecule has 0 atom stereocenters. The summed E-state index contributed by atoms with van der Waals surface area (Å²) >= 11 is -2.61. The fourth-order valence-electron chi connectivity index (χ4n) is 0.440. The van der Waals surface area contributed by atoms with Gasteiger partial charge in [-0.3, -0.25) is 9.11 Å². The van der Waals surface area contributed by atoms with E-state index in [9.17, 15) is 0 Å². The highest BCUT2D eigenvalue weighted by molar-refractivity contribution is 7.73. The zero-order chi connectivity index (χ0) is 7.82. The minimum Gasteiger partial charge on any atom is -0.284 e. The molecule has 0 spiro atoms. The van der Waals surface area contributed by atoms with Crippen molar-refractivity contribution < 1.29 is 23.1 Å². The van der Waals surface area contributed by atoms with Gasteiger partial charge in [0.05, 0.1) is 13.2 Å². The van der Waals surface area contributed by atoms with Crippen LogP contribution in [-0.2, 0) is 21.1 Å². The molecule has 1 rings (SSSR count). The SMILES string of the molecule is C1CCOOC1.O=S(O)O. The summed E-state index contributed by atoms with van der Waals surface area (Å²) in [5.74, 6) is 0. The monoisotopic (exact) mass is 170 g/mol. The maximum Gasteiger partial charge on any atom is 0.299 e. The van der Waals surface area contributed by atoms with Gasteiger partial charge in [-0.25, -0.2) is 9.78 Å². The number of rotatable bonds is 0. The molecule has 0 bridgehead atoms. The fraction of sp³-hybridized carbons (Fsp3) is 1.00. The van der Waals surface area contributed by atoms with Gasteiger partial charge in [-0.05, 0) is 12.8 Å². The molecule has 62 valence electrons. The lowest BCUT2D eigenvalue weighted by atomic mass is 10.3. The summed E-state index contributed by atoms with van der Waals surface area (Å²) in [6.07, 6.45) is 2.31. The van der Waals surface area contributed by atoms with E-state index in [2.05, 4.69) is 9.78 Å². The lowest BCUT2D eigenvalue weighted by Gasteiger charge is -2.07. The number of hydrogen-bond acceptors (Lipinski definition) is 3. The van der Waals surface area contributed by atoms with Gasteiger partial charge < -0.3 is 0 Å². The Kier molecular flexibility index (Phi) is 7.09. The molecule has 1 fully saturated rings. The first-order chi connectivity index (χ1) is 4.73. The molecule has 1 aliphatic heterocycles. The second-order valence-corrected chi connectivity index (χ2v) is 2.04. The minimum absolute atomic E-state index is 0.778. The summed E-state index contributed by atoms with van der Waals surface area (Å²) in [5, 5.41) is 0. The molecule has 0 saturated carbocycles. The third-order valence-electron chi connectivity index (χ3n) is 0.789. The van der Waals surface area contributed by atoms with Gasteiger partial charge in [0.25, 0.3) is 11.4 Å². The van der Waals surface area contributed by atoms with Crippen molar-refractivity contribution in [2.75, 3.05) is 13.2 Å². The van der Waals surface area contributed by atoms with Crippen LogP contribution in [0.2, 0.25) is 0 Å². The molecule has 0 aromatic heterocycles. The Labute approximate surface area is 61.4 Å². The quantitative estimate of drug-likeness (QED) is 0.406. The van der Waals surface area contributed by atoms with Gasteiger partial charge in [-0.1, -0.05) is 0 Å². The first-order valence-corrected chi connectivity index (χ1v) is 3.84. The predicted octanol–water partition coefficient (Wildman–Crippen LogP) is 0.410. The molecule has 10 heavy (non-hydrogen) atoms. The summed E-state index contributed by atoms with van der Waals surface area (Å²) in [5.41, 5.74) is 0. The van der Waals surface area contributed by atoms with Crippen molar-refractivity contribution in [3.63, 3.8) is 0 Å². The van der Waals surface area contributed by atoms with Gasteiger partial charge in [0.15, 0.2) is 0 Å². The van der Waals surface area contributed by atoms with E-state index in [4.69, 9.17) is 13.3 Å². The highest BCUT2D eigenvalue weighted by Crippen LogP contribution is 1.97. The normalized spacial score (nSPS) is 17.9. The highest BCUT2D eigenvalue weighted by Gasteiger charge is 1.95. The van der Waals surface area contributed by atoms with Crippen LogP contribution in [0, 0.1) is 0 Å². The van der Waals surface area contributed by atoms with Crippen molar-refractivity contribution in [1.29, 1.82) is 0 Å². The molecule has 6 heteroatoms. The molecule has 0 aromatic carbocycles. The van der Waals surface area contributed by atoms with Gasteiger partial charge in [-0.2, -0.15) is 4.21 Å². The summed E-state index contributed by atoms with van der Waals surface area (Å²) in [6.45, 7) is 1.56. The summed E-state index contributed by atoms with van der Waals surface area (Å²) in [4.78, 5) is 9.14. The van der Waals surface area contributed by atoms with Gasteiger partial charge in [0.2, 0.25) is 0 Å². The predicted molar refractivity (Wildman–Crippen MR) is 34.5 cm³/mol. The van der Waals surface area contributed by atoms with E-state index >= 15 is 0 Å². The first kappa shape index (κ1) is 9.99. The van der Waals surface area contributed by atoms with E-state index in [0.29, 0.717) is 0 Å². The molecule has 2 N–H and O–H groups in total. The Balaban J connectivity index is 0.000000180. The third kappa shape index (κ3) is 10.9. The fourth-order valence-corrected chi connectivity index (χ4v) is 0.440. The maximum atomic E-state index is 8.67. The van der Waals surface area contributed by atoms with Crippen LogP contribution in [0.25, 0.3) is 0 Å². The van der Waals surface area contributed by atoms with Crippen LogP contribution < -0.4 is 0 Å². The van der Waals surface area contributed by atoms with E-state index in [1.165, 1.54) is 0 Å². The zero-order valence-corrected chi connectivity index (χ0v) is 6.17. The Morgan fingerprint density at radius 1 is 1.10 bits per heavy atom. The minimum atomic E-state index is -2.61. The van der Waals surface area contributed by atoms with Crippen LogP contribution in [0.3, 0.4) is 0 Å². The lowest BCUT2D eigenvalue weighted by molar-refractivity contribution is -0.312. The van der Waals surface area contributed by atoms with Crippen molar-refractivity contribution in [3.05, 3.63) is 0 Å². The first-order valence-electron chi connectivity index (χ1n) is 2.78. The average Bonchev–Trinajstić information content (AvgIpc) is 1.90. The Bertz CT molecular complexity index is 76.1. The lowest BCUT2D eigenvalue weighted by Crippen LogP contribution is -2.05. The van der Waals surface area contributed by atoms with Crippen LogP contribution in [0.5, 0.6) is 0 Å². The molecule has 5 nitrogen and oxygen atoms in total. The summed E-state index contributed by atoms with van der Waals surface area (Å²) in [6, 6.07) is 0. The van der Waals surface area contributed by atoms with Gasteiger partial charge in [-0.15, -0.1) is 0 Å². The molecule has 0 aromatic rings. The molecule has 1 heterocycles. The third-order valence-corrected chi connectivity index (χ3v) is 0.789. The van der Waals surface area contributed by atoms with Crippen LogP contribution in [0.1, 0.15) is 12.8 Å². The average molecular weight is 170 g/mol. The Morgan fingerprint density at radius 3 is 1.50 bits per heavy atom. The standard InChI is InChI=1S/C4H8O2.H2O3S/c1-2-4-6-5-3-1;1-4(2)3/h1-4H2;(H2,1,2,3). The van der Waals surface area contributed by atoms with E-state index < -0.39 is 11.4 Å². The van der Waals surface area contributed by atoms with Gasteiger partial charge in [0.1, 0.15) is 0 Å². The van der Waals surface area contributed by atoms with E-state index in [0.717, 1.165) is 26.1 Å². The molecule has 0 amide bonds. The van der Waals surface area contributed by atoms with Crippen molar-refractivity contribution in [2.45, 2.75) is 12.8 Å². The van der Waals surface area contributed by atoms with Crippen LogP contribution in [0.4, 0.5) is 0 Å². The van der Waals surface area contributed by atoms with Crippen LogP contribution >= 0.6 is 0 Å². The molecular weight excluding hydrogens is 160 g/mol. The summed E-state index contributed by atoms with van der Waals surface area (Å²) < 4.78 is 22.8. The summed E-state index contributed by atoms with van der Waals surface area (Å²) in [7, 11) is 0. The van der Waals surface area contributed by atoms with Crippen molar-refractivity contribution in [2.24, 2.45) is 0 Å². The number of hydrogen-bond donors (Lipinski definition) is 2. The smallest absolute Gasteiger partial charge is 0.284 e. The topological polar surface area (TPSA) is 76.0 Å². The molecular formula is C4H10O5S. The molecule has 1 aliphatic rings. The maximum absolute atomic E-state index is 8.67. The molecule has 1 saturated heterocycles. The second-order valence-electron chi connectivity index (χ2n) is 1.58. The van der Waals surface area contributed by atoms with Crippen molar-refractivity contribution in [3.8, 4) is 0 Å². The van der Waals surface area contributed by atoms with E-state index in [-0.39, 0.29) is 0 Å². The van der Waals surface area contributed by atoms with Crippen molar-refractivity contribution in [1.82, 2.24) is 0 Å². The largest absolute Gasteiger partial charge is 0.299 e. The molecule has 0 unspecified atom stereocenters. The van der Waals surface area contributed by atoms with Crippen molar-refractivity contribution >= 4 is 11.4 Å². The zero-order valence-electron chi connectivity index (χ0n) is 5.36. The highest BCUT2D eigenvalue weighted by atomic mass is 32.2. The Hall–Kier alpha value is -0.0100. The van der Waals surface area contributed by atoms with Gasteiger partial charge >= 0.3 is 0 Å².